The third kappa shape index (κ3) is 5.19. The minimum absolute atomic E-state index is 1.09. The molecule has 0 saturated heterocycles. The van der Waals surface area contributed by atoms with Gasteiger partial charge in [0.25, 0.3) is 0 Å². The minimum atomic E-state index is 1.09. The van der Waals surface area contributed by atoms with Crippen molar-refractivity contribution in [3.8, 4) is 39.1 Å². The molecule has 2 nitrogen and oxygen atoms in total. The summed E-state index contributed by atoms with van der Waals surface area (Å²) in [6.45, 7) is 0. The van der Waals surface area contributed by atoms with Crippen molar-refractivity contribution in [3.63, 3.8) is 0 Å². The molecular formula is C54H36N2. The molecule has 262 valence electrons. The van der Waals surface area contributed by atoms with Crippen LogP contribution in [0.15, 0.2) is 218 Å². The normalized spacial score (nSPS) is 11.6. The topological polar surface area (TPSA) is 8.17 Å². The summed E-state index contributed by atoms with van der Waals surface area (Å²) < 4.78 is 2.46. The van der Waals surface area contributed by atoms with Crippen molar-refractivity contribution in [2.45, 2.75) is 0 Å². The molecule has 0 radical (unpaired) electrons. The van der Waals surface area contributed by atoms with E-state index >= 15 is 0 Å². The number of para-hydroxylation sites is 1. The molecule has 1 aromatic heterocycles. The molecule has 0 unspecified atom stereocenters. The van der Waals surface area contributed by atoms with Crippen molar-refractivity contribution in [1.29, 1.82) is 0 Å². The molecular weight excluding hydrogens is 677 g/mol. The summed E-state index contributed by atoms with van der Waals surface area (Å²) in [4.78, 5) is 2.42. The summed E-state index contributed by atoms with van der Waals surface area (Å²) in [7, 11) is 0. The molecule has 0 amide bonds. The highest BCUT2D eigenvalue weighted by molar-refractivity contribution is 6.24. The summed E-state index contributed by atoms with van der Waals surface area (Å²) in [5, 5.41) is 7.59. The quantitative estimate of drug-likeness (QED) is 0.149. The number of hydrogen-bond acceptors (Lipinski definition) is 1. The van der Waals surface area contributed by atoms with Gasteiger partial charge >= 0.3 is 0 Å². The SMILES string of the molecule is c1ccc(-c2ccc(N(c3cccc(-c4ccccc4-n4c5cccc6ccc7cccc4c7c65)c3)c3ccc(-c4ccccc4)c4ccccc34)cc2)cc1. The summed E-state index contributed by atoms with van der Waals surface area (Å²) in [5.41, 5.74) is 14.1. The molecule has 10 aromatic carbocycles. The highest BCUT2D eigenvalue weighted by atomic mass is 15.1. The molecule has 11 rings (SSSR count). The van der Waals surface area contributed by atoms with Crippen LogP contribution in [0.2, 0.25) is 0 Å². The fourth-order valence-electron chi connectivity index (χ4n) is 8.81. The van der Waals surface area contributed by atoms with E-state index in [4.69, 9.17) is 0 Å². The number of anilines is 3. The summed E-state index contributed by atoms with van der Waals surface area (Å²) in [5.74, 6) is 0. The Bertz CT molecular complexity index is 3110. The van der Waals surface area contributed by atoms with E-state index in [2.05, 4.69) is 228 Å². The Labute approximate surface area is 326 Å². The Morgan fingerprint density at radius 1 is 0.321 bits per heavy atom. The number of nitrogens with zero attached hydrogens (tertiary/aromatic N) is 2. The van der Waals surface area contributed by atoms with E-state index in [1.165, 1.54) is 71.2 Å². The molecule has 11 aromatic rings. The highest BCUT2D eigenvalue weighted by Gasteiger charge is 2.21. The van der Waals surface area contributed by atoms with Crippen LogP contribution in [0.4, 0.5) is 17.1 Å². The van der Waals surface area contributed by atoms with Gasteiger partial charge in [0, 0.05) is 33.1 Å². The van der Waals surface area contributed by atoms with Gasteiger partial charge in [0.15, 0.2) is 0 Å². The highest BCUT2D eigenvalue weighted by Crippen LogP contribution is 2.45. The monoisotopic (exact) mass is 712 g/mol. The molecule has 0 fully saturated rings. The van der Waals surface area contributed by atoms with Crippen molar-refractivity contribution in [2.75, 3.05) is 4.90 Å². The average molecular weight is 713 g/mol. The maximum absolute atomic E-state index is 2.46. The average Bonchev–Trinajstić information content (AvgIpc) is 3.62. The molecule has 2 heteroatoms. The van der Waals surface area contributed by atoms with Crippen LogP contribution >= 0.6 is 0 Å². The second kappa shape index (κ2) is 13.2. The van der Waals surface area contributed by atoms with Crippen molar-refractivity contribution in [3.05, 3.63) is 218 Å². The molecule has 1 heterocycles. The lowest BCUT2D eigenvalue weighted by Gasteiger charge is -2.28. The van der Waals surface area contributed by atoms with Crippen molar-refractivity contribution in [1.82, 2.24) is 4.57 Å². The minimum Gasteiger partial charge on any atom is -0.310 e. The number of benzene rings is 10. The van der Waals surface area contributed by atoms with Crippen LogP contribution in [0.3, 0.4) is 0 Å². The molecule has 0 aliphatic rings. The number of hydrogen-bond donors (Lipinski definition) is 0. The molecule has 0 atom stereocenters. The largest absolute Gasteiger partial charge is 0.310 e. The van der Waals surface area contributed by atoms with Crippen LogP contribution in [0.5, 0.6) is 0 Å². The lowest BCUT2D eigenvalue weighted by atomic mass is 9.96. The van der Waals surface area contributed by atoms with E-state index in [0.29, 0.717) is 0 Å². The second-order valence-corrected chi connectivity index (χ2v) is 14.5. The van der Waals surface area contributed by atoms with Gasteiger partial charge in [-0.25, -0.2) is 0 Å². The fourth-order valence-corrected chi connectivity index (χ4v) is 8.81. The van der Waals surface area contributed by atoms with Gasteiger partial charge in [-0.05, 0) is 92.5 Å². The van der Waals surface area contributed by atoms with Crippen molar-refractivity contribution in [2.24, 2.45) is 0 Å². The van der Waals surface area contributed by atoms with Crippen LogP contribution in [0.25, 0.3) is 82.4 Å². The Balaban J connectivity index is 1.11. The first-order valence-corrected chi connectivity index (χ1v) is 19.3. The van der Waals surface area contributed by atoms with Gasteiger partial charge in [-0.2, -0.15) is 0 Å². The van der Waals surface area contributed by atoms with Gasteiger partial charge < -0.3 is 9.47 Å². The van der Waals surface area contributed by atoms with Crippen molar-refractivity contribution < 1.29 is 0 Å². The van der Waals surface area contributed by atoms with E-state index in [1.807, 2.05) is 0 Å². The van der Waals surface area contributed by atoms with E-state index in [0.717, 1.165) is 28.3 Å². The molecule has 56 heavy (non-hydrogen) atoms. The zero-order chi connectivity index (χ0) is 37.0. The van der Waals surface area contributed by atoms with E-state index in [9.17, 15) is 0 Å². The number of fused-ring (bicyclic) bond motifs is 1. The summed E-state index contributed by atoms with van der Waals surface area (Å²) in [6.07, 6.45) is 0. The predicted octanol–water partition coefficient (Wildman–Crippen LogP) is 15.0. The predicted molar refractivity (Wildman–Crippen MR) is 238 cm³/mol. The molecule has 0 aliphatic carbocycles. The number of aromatic nitrogens is 1. The third-order valence-corrected chi connectivity index (χ3v) is 11.3. The van der Waals surface area contributed by atoms with E-state index in [-0.39, 0.29) is 0 Å². The molecule has 0 N–H and O–H groups in total. The molecule has 0 bridgehead atoms. The molecule has 0 saturated carbocycles. The van der Waals surface area contributed by atoms with Crippen molar-refractivity contribution >= 4 is 60.4 Å². The van der Waals surface area contributed by atoms with E-state index in [1.54, 1.807) is 0 Å². The van der Waals surface area contributed by atoms with Gasteiger partial charge in [0.2, 0.25) is 0 Å². The fraction of sp³-hybridized carbons (Fsp3) is 0. The number of rotatable bonds is 7. The van der Waals surface area contributed by atoms with Crippen LogP contribution in [-0.4, -0.2) is 4.57 Å². The lowest BCUT2D eigenvalue weighted by Crippen LogP contribution is -2.11. The summed E-state index contributed by atoms with van der Waals surface area (Å²) in [6, 6.07) is 79.4. The Hall–Kier alpha value is -7.42. The molecule has 0 aliphatic heterocycles. The first-order valence-electron chi connectivity index (χ1n) is 19.3. The smallest absolute Gasteiger partial charge is 0.0547 e. The van der Waals surface area contributed by atoms with Crippen LogP contribution in [0.1, 0.15) is 0 Å². The zero-order valence-corrected chi connectivity index (χ0v) is 30.7. The first kappa shape index (κ1) is 32.0. The molecule has 0 spiro atoms. The second-order valence-electron chi connectivity index (χ2n) is 14.5. The Morgan fingerprint density at radius 2 is 0.893 bits per heavy atom. The van der Waals surface area contributed by atoms with Gasteiger partial charge in [0.05, 0.1) is 22.4 Å². The van der Waals surface area contributed by atoms with Crippen LogP contribution in [-0.2, 0) is 0 Å². The van der Waals surface area contributed by atoms with Gasteiger partial charge in [0.1, 0.15) is 0 Å². The van der Waals surface area contributed by atoms with Gasteiger partial charge in [-0.3, -0.25) is 0 Å². The zero-order valence-electron chi connectivity index (χ0n) is 30.7. The Morgan fingerprint density at radius 3 is 1.61 bits per heavy atom. The van der Waals surface area contributed by atoms with Gasteiger partial charge in [-0.1, -0.05) is 170 Å². The third-order valence-electron chi connectivity index (χ3n) is 11.3. The maximum atomic E-state index is 2.46. The Kier molecular flexibility index (Phi) is 7.53. The summed E-state index contributed by atoms with van der Waals surface area (Å²) >= 11 is 0. The standard InChI is InChI=1S/C54H36N2/c1-3-14-37(15-4-1)38-30-32-43(33-31-38)55(50-35-34-45(39-16-5-2-6-17-39)47-23-7-8-24-48(47)50)44-21-11-20-42(36-44)46-22-9-10-25-49(46)56-51-26-12-18-40-28-29-41-19-13-27-52(56)54(41)53(40)51/h1-36H. The first-order chi connectivity index (χ1) is 27.8. The lowest BCUT2D eigenvalue weighted by molar-refractivity contribution is 1.18. The van der Waals surface area contributed by atoms with Gasteiger partial charge in [-0.15, -0.1) is 0 Å². The van der Waals surface area contributed by atoms with Crippen LogP contribution < -0.4 is 4.90 Å². The maximum Gasteiger partial charge on any atom is 0.0547 e. The van der Waals surface area contributed by atoms with Crippen LogP contribution in [0, 0.1) is 0 Å². The van der Waals surface area contributed by atoms with E-state index < -0.39 is 0 Å².